The van der Waals surface area contributed by atoms with Gasteiger partial charge in [0.2, 0.25) is 5.95 Å². The Morgan fingerprint density at radius 1 is 1.24 bits per heavy atom. The van der Waals surface area contributed by atoms with Gasteiger partial charge < -0.3 is 9.84 Å². The minimum atomic E-state index is -0.200. The minimum absolute atomic E-state index is 0.200. The molecule has 21 heavy (non-hydrogen) atoms. The summed E-state index contributed by atoms with van der Waals surface area (Å²) < 4.78 is 5.19. The average molecular weight is 282 g/mol. The molecule has 0 saturated heterocycles. The molecule has 0 aliphatic carbocycles. The third-order valence-corrected chi connectivity index (χ3v) is 3.12. The monoisotopic (exact) mass is 282 g/mol. The summed E-state index contributed by atoms with van der Waals surface area (Å²) in [5, 5.41) is 7.03. The summed E-state index contributed by atoms with van der Waals surface area (Å²) in [6.45, 7) is 3.79. The Morgan fingerprint density at radius 3 is 2.81 bits per heavy atom. The lowest BCUT2D eigenvalue weighted by Gasteiger charge is -2.07. The van der Waals surface area contributed by atoms with Gasteiger partial charge in [-0.3, -0.25) is 9.78 Å². The van der Waals surface area contributed by atoms with E-state index in [9.17, 15) is 4.79 Å². The Bertz CT molecular complexity index is 816. The van der Waals surface area contributed by atoms with Crippen LogP contribution in [0.25, 0.3) is 11.1 Å². The molecule has 2 aromatic heterocycles. The van der Waals surface area contributed by atoms with Gasteiger partial charge >= 0.3 is 0 Å². The van der Waals surface area contributed by atoms with Crippen molar-refractivity contribution < 1.29 is 4.52 Å². The van der Waals surface area contributed by atoms with Gasteiger partial charge in [0.1, 0.15) is 5.76 Å². The second-order valence-corrected chi connectivity index (χ2v) is 4.69. The van der Waals surface area contributed by atoms with E-state index in [-0.39, 0.29) is 5.56 Å². The molecule has 0 radical (unpaired) electrons. The molecule has 3 aromatic rings. The summed E-state index contributed by atoms with van der Waals surface area (Å²) in [5.41, 5.74) is 3.44. The van der Waals surface area contributed by atoms with Crippen LogP contribution >= 0.6 is 0 Å². The number of hydrogen-bond donors (Lipinski definition) is 2. The summed E-state index contributed by atoms with van der Waals surface area (Å²) in [7, 11) is 0. The van der Waals surface area contributed by atoms with Gasteiger partial charge in [-0.15, -0.1) is 0 Å². The number of aromatic nitrogens is 3. The lowest BCUT2D eigenvalue weighted by atomic mass is 10.0. The van der Waals surface area contributed by atoms with Crippen LogP contribution in [0.15, 0.2) is 45.8 Å². The molecule has 0 bridgehead atoms. The Balaban J connectivity index is 1.96. The fraction of sp³-hybridized carbons (Fsp3) is 0.133. The van der Waals surface area contributed by atoms with Crippen molar-refractivity contribution in [2.75, 3.05) is 5.32 Å². The quantitative estimate of drug-likeness (QED) is 0.771. The van der Waals surface area contributed by atoms with Crippen molar-refractivity contribution in [3.05, 3.63) is 58.3 Å². The molecule has 2 N–H and O–H groups in total. The molecule has 0 saturated carbocycles. The molecule has 0 aliphatic heterocycles. The lowest BCUT2D eigenvalue weighted by molar-refractivity contribution is 0.393. The maximum absolute atomic E-state index is 11.3. The van der Waals surface area contributed by atoms with Crippen LogP contribution in [0.1, 0.15) is 11.5 Å². The van der Waals surface area contributed by atoms with Crippen molar-refractivity contribution in [3.8, 4) is 11.1 Å². The first-order chi connectivity index (χ1) is 10.1. The van der Waals surface area contributed by atoms with Crippen LogP contribution in [0.4, 0.5) is 11.6 Å². The predicted octanol–water partition coefficient (Wildman–Crippen LogP) is 2.79. The second kappa shape index (κ2) is 5.24. The van der Waals surface area contributed by atoms with E-state index < -0.39 is 0 Å². The van der Waals surface area contributed by atoms with E-state index in [4.69, 9.17) is 4.52 Å². The van der Waals surface area contributed by atoms with Crippen molar-refractivity contribution in [3.63, 3.8) is 0 Å². The van der Waals surface area contributed by atoms with E-state index in [1.807, 2.05) is 38.1 Å². The van der Waals surface area contributed by atoms with Crippen LogP contribution in [-0.4, -0.2) is 15.1 Å². The highest BCUT2D eigenvalue weighted by Crippen LogP contribution is 2.29. The zero-order chi connectivity index (χ0) is 14.8. The summed E-state index contributed by atoms with van der Waals surface area (Å²) >= 11 is 0. The van der Waals surface area contributed by atoms with Crippen LogP contribution in [0, 0.1) is 13.8 Å². The normalized spacial score (nSPS) is 10.6. The van der Waals surface area contributed by atoms with Gasteiger partial charge in [0, 0.05) is 23.5 Å². The molecule has 1 aromatic carbocycles. The largest absolute Gasteiger partial charge is 0.361 e. The fourth-order valence-electron chi connectivity index (χ4n) is 2.22. The predicted molar refractivity (Wildman–Crippen MR) is 79.6 cm³/mol. The van der Waals surface area contributed by atoms with Gasteiger partial charge in [-0.1, -0.05) is 17.3 Å². The Kier molecular flexibility index (Phi) is 3.27. The van der Waals surface area contributed by atoms with Crippen molar-refractivity contribution in [2.45, 2.75) is 13.8 Å². The zero-order valence-electron chi connectivity index (χ0n) is 11.7. The number of H-pyrrole nitrogens is 1. The number of rotatable bonds is 3. The third kappa shape index (κ3) is 2.69. The zero-order valence-corrected chi connectivity index (χ0v) is 11.7. The molecular weight excluding hydrogens is 268 g/mol. The van der Waals surface area contributed by atoms with Gasteiger partial charge in [0.15, 0.2) is 0 Å². The Labute approximate surface area is 120 Å². The fourth-order valence-corrected chi connectivity index (χ4v) is 2.22. The number of aryl methyl sites for hydroxylation is 2. The van der Waals surface area contributed by atoms with Crippen LogP contribution < -0.4 is 10.9 Å². The number of aromatic amines is 1. The van der Waals surface area contributed by atoms with Crippen molar-refractivity contribution >= 4 is 11.6 Å². The van der Waals surface area contributed by atoms with Crippen LogP contribution in [-0.2, 0) is 0 Å². The van der Waals surface area contributed by atoms with Crippen molar-refractivity contribution in [1.29, 1.82) is 0 Å². The first-order valence-corrected chi connectivity index (χ1v) is 6.49. The summed E-state index contributed by atoms with van der Waals surface area (Å²) in [4.78, 5) is 18.0. The van der Waals surface area contributed by atoms with Crippen LogP contribution in [0.5, 0.6) is 0 Å². The standard InChI is InChI=1S/C15H14N4O2/c1-9-14(10(2)21-19-9)11-4-3-5-12(8-11)17-15-16-7-6-13(20)18-15/h3-8H,1-2H3,(H2,16,17,18,20). The lowest BCUT2D eigenvalue weighted by Crippen LogP contribution is -2.08. The van der Waals surface area contributed by atoms with E-state index in [1.54, 1.807) is 0 Å². The summed E-state index contributed by atoms with van der Waals surface area (Å²) in [6.07, 6.45) is 1.46. The molecule has 6 heteroatoms. The summed E-state index contributed by atoms with van der Waals surface area (Å²) in [5.74, 6) is 1.18. The Morgan fingerprint density at radius 2 is 2.10 bits per heavy atom. The highest BCUT2D eigenvalue weighted by Gasteiger charge is 2.11. The molecule has 0 spiro atoms. The van der Waals surface area contributed by atoms with Crippen molar-refractivity contribution in [2.24, 2.45) is 0 Å². The number of nitrogens with one attached hydrogen (secondary N) is 2. The van der Waals surface area contributed by atoms with Gasteiger partial charge in [-0.2, -0.15) is 0 Å². The summed E-state index contributed by atoms with van der Waals surface area (Å²) in [6, 6.07) is 9.13. The number of anilines is 2. The topological polar surface area (TPSA) is 83.8 Å². The molecule has 0 amide bonds. The van der Waals surface area contributed by atoms with Gasteiger partial charge in [-0.25, -0.2) is 4.98 Å². The number of nitrogens with zero attached hydrogens (tertiary/aromatic N) is 2. The highest BCUT2D eigenvalue weighted by atomic mass is 16.5. The van der Waals surface area contributed by atoms with Crippen molar-refractivity contribution in [1.82, 2.24) is 15.1 Å². The number of hydrogen-bond acceptors (Lipinski definition) is 5. The van der Waals surface area contributed by atoms with Gasteiger partial charge in [0.05, 0.1) is 5.69 Å². The first-order valence-electron chi connectivity index (χ1n) is 6.49. The van der Waals surface area contributed by atoms with E-state index in [1.165, 1.54) is 12.3 Å². The molecular formula is C15H14N4O2. The molecule has 0 atom stereocenters. The van der Waals surface area contributed by atoms with Crippen LogP contribution in [0.3, 0.4) is 0 Å². The van der Waals surface area contributed by atoms with Gasteiger partial charge in [0.25, 0.3) is 5.56 Å². The molecule has 3 rings (SSSR count). The average Bonchev–Trinajstić information content (AvgIpc) is 2.78. The molecule has 0 unspecified atom stereocenters. The van der Waals surface area contributed by atoms with E-state index >= 15 is 0 Å². The molecule has 2 heterocycles. The minimum Gasteiger partial charge on any atom is -0.361 e. The maximum atomic E-state index is 11.3. The maximum Gasteiger partial charge on any atom is 0.252 e. The molecule has 6 nitrogen and oxygen atoms in total. The van der Waals surface area contributed by atoms with E-state index in [2.05, 4.69) is 20.4 Å². The number of benzene rings is 1. The second-order valence-electron chi connectivity index (χ2n) is 4.69. The molecule has 0 fully saturated rings. The Hall–Kier alpha value is -2.89. The highest BCUT2D eigenvalue weighted by molar-refractivity contribution is 5.72. The SMILES string of the molecule is Cc1noc(C)c1-c1cccc(Nc2nccc(=O)[nH]2)c1. The van der Waals surface area contributed by atoms with Gasteiger partial charge in [-0.05, 0) is 31.5 Å². The smallest absolute Gasteiger partial charge is 0.252 e. The third-order valence-electron chi connectivity index (χ3n) is 3.12. The first kappa shape index (κ1) is 13.1. The molecule has 106 valence electrons. The van der Waals surface area contributed by atoms with E-state index in [0.29, 0.717) is 5.95 Å². The van der Waals surface area contributed by atoms with Crippen LogP contribution in [0.2, 0.25) is 0 Å². The molecule has 0 aliphatic rings. The van der Waals surface area contributed by atoms with E-state index in [0.717, 1.165) is 28.3 Å².